The number of benzene rings is 2. The monoisotopic (exact) mass is 446 g/mol. The minimum absolute atomic E-state index is 0.452. The van der Waals surface area contributed by atoms with E-state index in [0.717, 1.165) is 52.6 Å². The molecule has 6 rings (SSSR count). The molecule has 3 aromatic heterocycles. The fourth-order valence-corrected chi connectivity index (χ4v) is 4.81. The fourth-order valence-electron chi connectivity index (χ4n) is 4.81. The maximum atomic E-state index is 6.27. The van der Waals surface area contributed by atoms with Crippen molar-refractivity contribution in [1.29, 1.82) is 0 Å². The van der Waals surface area contributed by atoms with Crippen LogP contribution in [0.1, 0.15) is 24.3 Å². The zero-order chi connectivity index (χ0) is 22.9. The van der Waals surface area contributed by atoms with Crippen LogP contribution < -0.4 is 11.1 Å². The van der Waals surface area contributed by atoms with Crippen LogP contribution in [-0.4, -0.2) is 32.6 Å². The van der Waals surface area contributed by atoms with E-state index in [-0.39, 0.29) is 0 Å². The molecule has 0 amide bonds. The Morgan fingerprint density at radius 3 is 2.38 bits per heavy atom. The lowest BCUT2D eigenvalue weighted by Crippen LogP contribution is -2.26. The van der Waals surface area contributed by atoms with Crippen molar-refractivity contribution in [3.8, 4) is 28.3 Å². The number of hydrogen-bond acceptors (Lipinski definition) is 5. The average Bonchev–Trinajstić information content (AvgIpc) is 3.28. The quantitative estimate of drug-likeness (QED) is 0.397. The number of nitrogens with two attached hydrogens (primary N) is 1. The summed E-state index contributed by atoms with van der Waals surface area (Å²) in [6.07, 6.45) is 4.05. The van der Waals surface area contributed by atoms with Gasteiger partial charge in [0.25, 0.3) is 0 Å². The third-order valence-corrected chi connectivity index (χ3v) is 6.62. The Morgan fingerprint density at radius 2 is 1.62 bits per heavy atom. The van der Waals surface area contributed by atoms with Crippen molar-refractivity contribution >= 4 is 17.0 Å². The number of nitrogens with zero attached hydrogens (tertiary/aromatic N) is 4. The lowest BCUT2D eigenvalue weighted by atomic mass is 9.90. The Morgan fingerprint density at radius 1 is 0.824 bits per heavy atom. The van der Waals surface area contributed by atoms with Crippen LogP contribution in [-0.2, 0) is 0 Å². The zero-order valence-corrected chi connectivity index (χ0v) is 18.9. The number of hydrogen-bond donors (Lipinski definition) is 2. The Kier molecular flexibility index (Phi) is 5.28. The summed E-state index contributed by atoms with van der Waals surface area (Å²) in [5.41, 5.74) is 13.1. The lowest BCUT2D eigenvalue weighted by Gasteiger charge is -2.23. The van der Waals surface area contributed by atoms with Gasteiger partial charge >= 0.3 is 0 Å². The highest BCUT2D eigenvalue weighted by molar-refractivity contribution is 5.84. The molecule has 6 heteroatoms. The average molecular weight is 447 g/mol. The van der Waals surface area contributed by atoms with E-state index in [1.54, 1.807) is 6.20 Å². The molecule has 2 aromatic carbocycles. The SMILES string of the molecule is Nc1ncccc1-c1nc2ccc(-c3ccccc3)nc2n1-c1ccc(C2CCNCC2)cc1. The summed E-state index contributed by atoms with van der Waals surface area (Å²) in [6, 6.07) is 26.9. The predicted molar refractivity (Wildman–Crippen MR) is 137 cm³/mol. The second kappa shape index (κ2) is 8.72. The highest BCUT2D eigenvalue weighted by atomic mass is 15.1. The molecule has 0 spiro atoms. The van der Waals surface area contributed by atoms with E-state index in [4.69, 9.17) is 15.7 Å². The molecule has 0 unspecified atom stereocenters. The second-order valence-electron chi connectivity index (χ2n) is 8.73. The largest absolute Gasteiger partial charge is 0.383 e. The van der Waals surface area contributed by atoms with E-state index in [1.807, 2.05) is 42.5 Å². The number of rotatable bonds is 4. The molecule has 168 valence electrons. The van der Waals surface area contributed by atoms with Crippen molar-refractivity contribution < 1.29 is 0 Å². The van der Waals surface area contributed by atoms with Crippen LogP contribution in [0.3, 0.4) is 0 Å². The highest BCUT2D eigenvalue weighted by Gasteiger charge is 2.20. The number of anilines is 1. The topological polar surface area (TPSA) is 81.7 Å². The van der Waals surface area contributed by atoms with Crippen molar-refractivity contribution in [2.45, 2.75) is 18.8 Å². The summed E-state index contributed by atoms with van der Waals surface area (Å²) in [6.45, 7) is 2.16. The molecule has 1 fully saturated rings. The Labute approximate surface area is 198 Å². The van der Waals surface area contributed by atoms with Crippen molar-refractivity contribution in [2.24, 2.45) is 0 Å². The van der Waals surface area contributed by atoms with E-state index in [1.165, 1.54) is 18.4 Å². The van der Waals surface area contributed by atoms with Gasteiger partial charge in [-0.2, -0.15) is 0 Å². The van der Waals surface area contributed by atoms with E-state index in [2.05, 4.69) is 51.3 Å². The van der Waals surface area contributed by atoms with Gasteiger partial charge in [-0.25, -0.2) is 15.0 Å². The molecule has 0 saturated carbocycles. The van der Waals surface area contributed by atoms with Crippen molar-refractivity contribution in [3.05, 3.63) is 90.6 Å². The van der Waals surface area contributed by atoms with Crippen LogP contribution in [0.2, 0.25) is 0 Å². The molecule has 4 heterocycles. The maximum absolute atomic E-state index is 6.27. The van der Waals surface area contributed by atoms with Gasteiger partial charge in [-0.15, -0.1) is 0 Å². The van der Waals surface area contributed by atoms with Crippen molar-refractivity contribution in [1.82, 2.24) is 24.8 Å². The number of aromatic nitrogens is 4. The van der Waals surface area contributed by atoms with Crippen molar-refractivity contribution in [3.63, 3.8) is 0 Å². The van der Waals surface area contributed by atoms with Crippen LogP contribution in [0.4, 0.5) is 5.82 Å². The number of imidazole rings is 1. The molecule has 1 saturated heterocycles. The van der Waals surface area contributed by atoms with Crippen LogP contribution in [0.25, 0.3) is 39.5 Å². The van der Waals surface area contributed by atoms with Gasteiger partial charge in [0.2, 0.25) is 0 Å². The summed E-state index contributed by atoms with van der Waals surface area (Å²) in [7, 11) is 0. The summed E-state index contributed by atoms with van der Waals surface area (Å²) in [5.74, 6) is 1.80. The molecule has 0 radical (unpaired) electrons. The number of nitrogen functional groups attached to an aromatic ring is 1. The number of piperidine rings is 1. The molecule has 0 bridgehead atoms. The first-order valence-electron chi connectivity index (χ1n) is 11.7. The van der Waals surface area contributed by atoms with Crippen LogP contribution in [0.5, 0.6) is 0 Å². The van der Waals surface area contributed by atoms with E-state index >= 15 is 0 Å². The lowest BCUT2D eigenvalue weighted by molar-refractivity contribution is 0.460. The Bertz CT molecular complexity index is 1430. The molecule has 5 aromatic rings. The predicted octanol–water partition coefficient (Wildman–Crippen LogP) is 5.20. The van der Waals surface area contributed by atoms with Crippen LogP contribution in [0, 0.1) is 0 Å². The number of pyridine rings is 2. The molecular formula is C28H26N6. The number of fused-ring (bicyclic) bond motifs is 1. The summed E-state index contributed by atoms with van der Waals surface area (Å²) < 4.78 is 2.10. The van der Waals surface area contributed by atoms with Crippen molar-refractivity contribution in [2.75, 3.05) is 18.8 Å². The molecule has 1 aliphatic rings. The fraction of sp³-hybridized carbons (Fsp3) is 0.179. The van der Waals surface area contributed by atoms with Gasteiger partial charge in [-0.05, 0) is 73.8 Å². The summed E-state index contributed by atoms with van der Waals surface area (Å²) in [4.78, 5) is 14.3. The van der Waals surface area contributed by atoms with Gasteiger partial charge in [0.05, 0.1) is 11.3 Å². The number of nitrogens with one attached hydrogen (secondary N) is 1. The molecule has 1 aliphatic heterocycles. The summed E-state index contributed by atoms with van der Waals surface area (Å²) in [5, 5.41) is 3.45. The van der Waals surface area contributed by atoms with E-state index in [0.29, 0.717) is 11.7 Å². The molecule has 3 N–H and O–H groups in total. The molecule has 0 aliphatic carbocycles. The Hall–Kier alpha value is -4.03. The molecule has 34 heavy (non-hydrogen) atoms. The second-order valence-corrected chi connectivity index (χ2v) is 8.73. The minimum Gasteiger partial charge on any atom is -0.383 e. The third kappa shape index (κ3) is 3.72. The van der Waals surface area contributed by atoms with E-state index < -0.39 is 0 Å². The van der Waals surface area contributed by atoms with Gasteiger partial charge in [0.15, 0.2) is 11.5 Å². The van der Waals surface area contributed by atoms with Crippen LogP contribution in [0.15, 0.2) is 85.1 Å². The molecule has 6 nitrogen and oxygen atoms in total. The highest BCUT2D eigenvalue weighted by Crippen LogP contribution is 2.33. The first-order valence-corrected chi connectivity index (χ1v) is 11.7. The minimum atomic E-state index is 0.452. The summed E-state index contributed by atoms with van der Waals surface area (Å²) >= 11 is 0. The maximum Gasteiger partial charge on any atom is 0.165 e. The van der Waals surface area contributed by atoms with Gasteiger partial charge in [-0.3, -0.25) is 4.57 Å². The molecular weight excluding hydrogens is 420 g/mol. The first kappa shape index (κ1) is 20.6. The molecule has 0 atom stereocenters. The van der Waals surface area contributed by atoms with Gasteiger partial charge in [-0.1, -0.05) is 42.5 Å². The standard InChI is InChI=1S/C28H26N6/c29-26-23(7-4-16-31-26)27-33-25-13-12-24(21-5-2-1-3-6-21)32-28(25)34(27)22-10-8-19(9-11-22)20-14-17-30-18-15-20/h1-13,16,20,30H,14-15,17-18H2,(H2,29,31). The normalized spacial score (nSPS) is 14.5. The first-order chi connectivity index (χ1) is 16.8. The zero-order valence-electron chi connectivity index (χ0n) is 18.9. The van der Waals surface area contributed by atoms with Crippen LogP contribution >= 0.6 is 0 Å². The van der Waals surface area contributed by atoms with E-state index in [9.17, 15) is 0 Å². The smallest absolute Gasteiger partial charge is 0.165 e. The third-order valence-electron chi connectivity index (χ3n) is 6.62. The van der Waals surface area contributed by atoms with Gasteiger partial charge < -0.3 is 11.1 Å². The van der Waals surface area contributed by atoms with Gasteiger partial charge in [0, 0.05) is 17.4 Å². The van der Waals surface area contributed by atoms with Gasteiger partial charge in [0.1, 0.15) is 11.3 Å². The Balaban J connectivity index is 1.52.